The number of carbonyl (C=O) groups is 1. The third kappa shape index (κ3) is 5.94. The molecule has 0 saturated heterocycles. The van der Waals surface area contributed by atoms with Crippen molar-refractivity contribution in [2.24, 2.45) is 0 Å². The molecule has 3 aromatic rings. The van der Waals surface area contributed by atoms with Crippen LogP contribution in [0.5, 0.6) is 11.5 Å². The van der Waals surface area contributed by atoms with Crippen molar-refractivity contribution in [3.63, 3.8) is 0 Å². The Hall–Kier alpha value is -2.94. The van der Waals surface area contributed by atoms with Crippen LogP contribution < -0.4 is 19.1 Å². The van der Waals surface area contributed by atoms with E-state index in [-0.39, 0.29) is 32.9 Å². The van der Waals surface area contributed by atoms with Crippen LogP contribution in [0.25, 0.3) is 0 Å². The molecule has 1 amide bonds. The number of sulfonamides is 1. The van der Waals surface area contributed by atoms with E-state index in [2.05, 4.69) is 5.32 Å². The van der Waals surface area contributed by atoms with Crippen LogP contribution in [0.15, 0.2) is 65.6 Å². The molecular formula is C24H24Cl2N2O5S. The molecule has 0 heterocycles. The number of aryl methyl sites for hydroxylation is 1. The number of anilines is 1. The number of nitrogens with zero attached hydrogens (tertiary/aromatic N) is 1. The molecule has 0 fully saturated rings. The summed E-state index contributed by atoms with van der Waals surface area (Å²) < 4.78 is 39.1. The average molecular weight is 523 g/mol. The van der Waals surface area contributed by atoms with Gasteiger partial charge in [0.05, 0.1) is 19.9 Å². The Morgan fingerprint density at radius 2 is 1.59 bits per heavy atom. The number of methoxy groups -OCH3 is 2. The van der Waals surface area contributed by atoms with Gasteiger partial charge in [0.1, 0.15) is 22.9 Å². The fourth-order valence-corrected chi connectivity index (χ4v) is 5.49. The van der Waals surface area contributed by atoms with Crippen molar-refractivity contribution >= 4 is 44.8 Å². The molecular weight excluding hydrogens is 499 g/mol. The lowest BCUT2D eigenvalue weighted by molar-refractivity contribution is -0.119. The molecule has 0 aromatic heterocycles. The van der Waals surface area contributed by atoms with Crippen LogP contribution >= 0.6 is 23.2 Å². The van der Waals surface area contributed by atoms with Gasteiger partial charge in [0, 0.05) is 22.2 Å². The molecule has 1 N–H and O–H groups in total. The third-order valence-electron chi connectivity index (χ3n) is 4.98. The van der Waals surface area contributed by atoms with Gasteiger partial charge in [0.15, 0.2) is 0 Å². The second-order valence-electron chi connectivity index (χ2n) is 7.38. The predicted molar refractivity (Wildman–Crippen MR) is 134 cm³/mol. The molecule has 3 aromatic carbocycles. The van der Waals surface area contributed by atoms with E-state index in [1.54, 1.807) is 25.1 Å². The summed E-state index contributed by atoms with van der Waals surface area (Å²) in [6, 6.07) is 16.3. The SMILES string of the molecule is COc1ccccc1CNC(=O)CN(c1cc(Cl)cc(Cl)c1)S(=O)(=O)c1cc(C)ccc1OC. The van der Waals surface area contributed by atoms with Gasteiger partial charge in [0.2, 0.25) is 5.91 Å². The molecule has 3 rings (SSSR count). The van der Waals surface area contributed by atoms with Crippen molar-refractivity contribution in [2.75, 3.05) is 25.1 Å². The van der Waals surface area contributed by atoms with Crippen molar-refractivity contribution in [2.45, 2.75) is 18.4 Å². The number of benzene rings is 3. The molecule has 10 heteroatoms. The highest BCUT2D eigenvalue weighted by atomic mass is 35.5. The lowest BCUT2D eigenvalue weighted by Gasteiger charge is -2.25. The Morgan fingerprint density at radius 1 is 0.941 bits per heavy atom. The van der Waals surface area contributed by atoms with Crippen molar-refractivity contribution in [3.05, 3.63) is 81.8 Å². The summed E-state index contributed by atoms with van der Waals surface area (Å²) in [6.45, 7) is 1.41. The second kappa shape index (κ2) is 11.0. The molecule has 0 aliphatic heterocycles. The predicted octanol–water partition coefficient (Wildman–Crippen LogP) is 4.83. The van der Waals surface area contributed by atoms with Crippen LogP contribution in [0.3, 0.4) is 0 Å². The first-order chi connectivity index (χ1) is 16.1. The third-order valence-corrected chi connectivity index (χ3v) is 7.21. The van der Waals surface area contributed by atoms with Gasteiger partial charge in [0.25, 0.3) is 10.0 Å². The van der Waals surface area contributed by atoms with Crippen molar-refractivity contribution in [3.8, 4) is 11.5 Å². The summed E-state index contributed by atoms with van der Waals surface area (Å²) in [5.74, 6) is 0.230. The highest BCUT2D eigenvalue weighted by molar-refractivity contribution is 7.93. The molecule has 34 heavy (non-hydrogen) atoms. The molecule has 0 unspecified atom stereocenters. The smallest absolute Gasteiger partial charge is 0.268 e. The minimum Gasteiger partial charge on any atom is -0.496 e. The van der Waals surface area contributed by atoms with E-state index in [1.165, 1.54) is 38.5 Å². The van der Waals surface area contributed by atoms with Crippen LogP contribution in [-0.4, -0.2) is 35.1 Å². The second-order valence-corrected chi connectivity index (χ2v) is 10.1. The van der Waals surface area contributed by atoms with Crippen LogP contribution in [-0.2, 0) is 21.4 Å². The first kappa shape index (κ1) is 25.7. The Morgan fingerprint density at radius 3 is 2.24 bits per heavy atom. The van der Waals surface area contributed by atoms with Gasteiger partial charge in [-0.05, 0) is 48.9 Å². The molecule has 0 spiro atoms. The monoisotopic (exact) mass is 522 g/mol. The maximum absolute atomic E-state index is 13.8. The molecule has 180 valence electrons. The van der Waals surface area contributed by atoms with Gasteiger partial charge < -0.3 is 14.8 Å². The van der Waals surface area contributed by atoms with Gasteiger partial charge >= 0.3 is 0 Å². The number of carbonyl (C=O) groups excluding carboxylic acids is 1. The lowest BCUT2D eigenvalue weighted by atomic mass is 10.2. The number of para-hydroxylation sites is 1. The Kier molecular flexibility index (Phi) is 8.30. The van der Waals surface area contributed by atoms with Crippen LogP contribution in [0, 0.1) is 6.92 Å². The van der Waals surface area contributed by atoms with Gasteiger partial charge in [-0.3, -0.25) is 9.10 Å². The number of hydrogen-bond donors (Lipinski definition) is 1. The van der Waals surface area contributed by atoms with Crippen LogP contribution in [0.1, 0.15) is 11.1 Å². The number of nitrogens with one attached hydrogen (secondary N) is 1. The van der Waals surface area contributed by atoms with Crippen LogP contribution in [0.2, 0.25) is 10.0 Å². The van der Waals surface area contributed by atoms with Crippen LogP contribution in [0.4, 0.5) is 5.69 Å². The van der Waals surface area contributed by atoms with E-state index in [4.69, 9.17) is 32.7 Å². The molecule has 0 bridgehead atoms. The Labute approximate surface area is 209 Å². The fraction of sp³-hybridized carbons (Fsp3) is 0.208. The first-order valence-corrected chi connectivity index (χ1v) is 12.4. The van der Waals surface area contributed by atoms with E-state index in [0.717, 1.165) is 9.87 Å². The van der Waals surface area contributed by atoms with E-state index < -0.39 is 22.5 Å². The van der Waals surface area contributed by atoms with Crippen molar-refractivity contribution in [1.82, 2.24) is 5.32 Å². The number of rotatable bonds is 9. The molecule has 0 saturated carbocycles. The zero-order valence-corrected chi connectivity index (χ0v) is 21.2. The first-order valence-electron chi connectivity index (χ1n) is 10.2. The van der Waals surface area contributed by atoms with E-state index >= 15 is 0 Å². The number of amides is 1. The Balaban J connectivity index is 1.98. The van der Waals surface area contributed by atoms with Gasteiger partial charge in [-0.15, -0.1) is 0 Å². The number of hydrogen-bond acceptors (Lipinski definition) is 5. The lowest BCUT2D eigenvalue weighted by Crippen LogP contribution is -2.40. The molecule has 0 radical (unpaired) electrons. The molecule has 0 aliphatic rings. The zero-order valence-electron chi connectivity index (χ0n) is 18.8. The Bertz CT molecular complexity index is 1280. The minimum absolute atomic E-state index is 0.0800. The topological polar surface area (TPSA) is 84.9 Å². The molecule has 0 aliphatic carbocycles. The van der Waals surface area contributed by atoms with E-state index in [1.807, 2.05) is 18.2 Å². The maximum atomic E-state index is 13.8. The largest absolute Gasteiger partial charge is 0.496 e. The summed E-state index contributed by atoms with van der Waals surface area (Å²) in [4.78, 5) is 12.8. The summed E-state index contributed by atoms with van der Waals surface area (Å²) in [5, 5.41) is 3.20. The van der Waals surface area contributed by atoms with E-state index in [0.29, 0.717) is 11.3 Å². The summed E-state index contributed by atoms with van der Waals surface area (Å²) >= 11 is 12.3. The number of ether oxygens (including phenoxy) is 2. The van der Waals surface area contributed by atoms with Gasteiger partial charge in [-0.2, -0.15) is 0 Å². The summed E-state index contributed by atoms with van der Waals surface area (Å²) in [5.41, 5.74) is 1.61. The van der Waals surface area contributed by atoms with Crippen molar-refractivity contribution < 1.29 is 22.7 Å². The fourth-order valence-electron chi connectivity index (χ4n) is 3.33. The average Bonchev–Trinajstić information content (AvgIpc) is 2.80. The normalized spacial score (nSPS) is 11.1. The maximum Gasteiger partial charge on any atom is 0.268 e. The van der Waals surface area contributed by atoms with Gasteiger partial charge in [-0.1, -0.05) is 47.5 Å². The summed E-state index contributed by atoms with van der Waals surface area (Å²) in [6.07, 6.45) is 0. The van der Waals surface area contributed by atoms with E-state index in [9.17, 15) is 13.2 Å². The minimum atomic E-state index is -4.24. The van der Waals surface area contributed by atoms with Crippen molar-refractivity contribution in [1.29, 1.82) is 0 Å². The summed E-state index contributed by atoms with van der Waals surface area (Å²) in [7, 11) is -1.32. The standard InChI is InChI=1S/C24H24Cl2N2O5S/c1-16-8-9-22(33-3)23(10-16)34(30,31)28(20-12-18(25)11-19(26)13-20)15-24(29)27-14-17-6-4-5-7-21(17)32-2/h4-13H,14-15H2,1-3H3,(H,27,29). The molecule has 0 atom stereocenters. The van der Waals surface area contributed by atoms with Gasteiger partial charge in [-0.25, -0.2) is 8.42 Å². The number of halogens is 2. The zero-order chi connectivity index (χ0) is 24.9. The quantitative estimate of drug-likeness (QED) is 0.434. The molecule has 7 nitrogen and oxygen atoms in total. The highest BCUT2D eigenvalue weighted by Gasteiger charge is 2.30. The highest BCUT2D eigenvalue weighted by Crippen LogP contribution is 2.33.